The van der Waals surface area contributed by atoms with Crippen LogP contribution in [0.5, 0.6) is 0 Å². The van der Waals surface area contributed by atoms with Gasteiger partial charge in [0.2, 0.25) is 0 Å². The first-order valence-corrected chi connectivity index (χ1v) is 9.18. The molecule has 2 aliphatic carbocycles. The van der Waals surface area contributed by atoms with Gasteiger partial charge in [-0.05, 0) is 55.8 Å². The summed E-state index contributed by atoms with van der Waals surface area (Å²) in [5.41, 5.74) is 2.14. The van der Waals surface area contributed by atoms with Crippen LogP contribution in [0.4, 0.5) is 10.5 Å². The molecule has 1 aromatic carbocycles. The normalized spacial score (nSPS) is 22.8. The Bertz CT molecular complexity index is 624. The second-order valence-electron chi connectivity index (χ2n) is 7.13. The molecule has 0 aromatic heterocycles. The third kappa shape index (κ3) is 4.51. The van der Waals surface area contributed by atoms with Crippen LogP contribution in [-0.2, 0) is 4.79 Å². The number of amides is 2. The Morgan fingerprint density at radius 2 is 2.04 bits per heavy atom. The lowest BCUT2D eigenvalue weighted by molar-refractivity contribution is -0.139. The van der Waals surface area contributed by atoms with E-state index in [1.54, 1.807) is 0 Å². The second kappa shape index (κ2) is 7.87. The molecule has 3 N–H and O–H groups in total. The lowest BCUT2D eigenvalue weighted by Crippen LogP contribution is -2.55. The summed E-state index contributed by atoms with van der Waals surface area (Å²) in [5, 5.41) is 14.8. The number of hydrogen-bond acceptors (Lipinski definition) is 3. The summed E-state index contributed by atoms with van der Waals surface area (Å²) >= 11 is 0. The highest BCUT2D eigenvalue weighted by atomic mass is 16.4. The number of carboxylic acids is 1. The Balaban J connectivity index is 1.44. The van der Waals surface area contributed by atoms with Gasteiger partial charge in [-0.1, -0.05) is 25.5 Å². The van der Waals surface area contributed by atoms with E-state index in [1.165, 1.54) is 24.8 Å². The summed E-state index contributed by atoms with van der Waals surface area (Å²) in [6, 6.07) is 8.28. The molecule has 6 heteroatoms. The third-order valence-corrected chi connectivity index (χ3v) is 5.43. The highest BCUT2D eigenvalue weighted by Crippen LogP contribution is 2.37. The first-order valence-electron chi connectivity index (χ1n) is 9.18. The average Bonchev–Trinajstić information content (AvgIpc) is 2.47. The molecule has 0 aliphatic heterocycles. The van der Waals surface area contributed by atoms with E-state index in [1.807, 2.05) is 24.0 Å². The molecule has 2 aliphatic rings. The van der Waals surface area contributed by atoms with Gasteiger partial charge in [0.05, 0.1) is 6.54 Å². The monoisotopic (exact) mass is 345 g/mol. The maximum Gasteiger partial charge on any atom is 0.319 e. The van der Waals surface area contributed by atoms with E-state index in [9.17, 15) is 9.59 Å². The summed E-state index contributed by atoms with van der Waals surface area (Å²) < 4.78 is 0. The number of hydrogen-bond donors (Lipinski definition) is 3. The number of carbonyl (C=O) groups is 2. The molecule has 2 fully saturated rings. The van der Waals surface area contributed by atoms with Gasteiger partial charge in [0, 0.05) is 17.8 Å². The molecule has 2 amide bonds. The smallest absolute Gasteiger partial charge is 0.319 e. The maximum atomic E-state index is 12.2. The molecule has 6 nitrogen and oxygen atoms in total. The van der Waals surface area contributed by atoms with Crippen molar-refractivity contribution in [2.45, 2.75) is 57.0 Å². The van der Waals surface area contributed by atoms with E-state index in [-0.39, 0.29) is 24.7 Å². The minimum absolute atomic E-state index is 0.0635. The number of nitrogens with zero attached hydrogens (tertiary/aromatic N) is 1. The summed E-state index contributed by atoms with van der Waals surface area (Å²) in [4.78, 5) is 25.0. The van der Waals surface area contributed by atoms with Gasteiger partial charge in [-0.15, -0.1) is 0 Å². The van der Waals surface area contributed by atoms with Crippen LogP contribution < -0.4 is 10.6 Å². The Morgan fingerprint density at radius 1 is 1.28 bits per heavy atom. The van der Waals surface area contributed by atoms with Gasteiger partial charge in [-0.3, -0.25) is 9.69 Å². The Labute approximate surface area is 148 Å². The molecular formula is C19H27N3O3. The van der Waals surface area contributed by atoms with Gasteiger partial charge >= 0.3 is 12.0 Å². The summed E-state index contributed by atoms with van der Waals surface area (Å²) in [6.45, 7) is 2.74. The first-order chi connectivity index (χ1) is 12.0. The lowest BCUT2D eigenvalue weighted by atomic mass is 9.80. The first kappa shape index (κ1) is 17.7. The molecule has 0 radical (unpaired) electrons. The number of anilines is 1. The van der Waals surface area contributed by atoms with Gasteiger partial charge in [0.15, 0.2) is 0 Å². The number of nitrogens with one attached hydrogen (secondary N) is 2. The van der Waals surface area contributed by atoms with Gasteiger partial charge in [-0.2, -0.15) is 0 Å². The van der Waals surface area contributed by atoms with Crippen LogP contribution in [0, 0.1) is 0 Å². The van der Waals surface area contributed by atoms with E-state index < -0.39 is 5.97 Å². The van der Waals surface area contributed by atoms with E-state index >= 15 is 0 Å². The molecule has 0 atom stereocenters. The van der Waals surface area contributed by atoms with Crippen LogP contribution in [0.15, 0.2) is 24.3 Å². The molecule has 25 heavy (non-hydrogen) atoms. The number of benzene rings is 1. The van der Waals surface area contributed by atoms with Crippen molar-refractivity contribution in [2.75, 3.05) is 18.4 Å². The van der Waals surface area contributed by atoms with Crippen molar-refractivity contribution >= 4 is 17.7 Å². The topological polar surface area (TPSA) is 81.7 Å². The van der Waals surface area contributed by atoms with E-state index in [2.05, 4.69) is 22.8 Å². The Kier molecular flexibility index (Phi) is 5.58. The van der Waals surface area contributed by atoms with Crippen molar-refractivity contribution in [1.29, 1.82) is 0 Å². The van der Waals surface area contributed by atoms with Gasteiger partial charge < -0.3 is 15.7 Å². The van der Waals surface area contributed by atoms with Crippen LogP contribution in [0.1, 0.15) is 50.5 Å². The fourth-order valence-electron chi connectivity index (χ4n) is 3.64. The molecule has 2 saturated carbocycles. The van der Waals surface area contributed by atoms with Gasteiger partial charge in [-0.25, -0.2) is 4.79 Å². The third-order valence-electron chi connectivity index (χ3n) is 5.43. The minimum atomic E-state index is -0.803. The van der Waals surface area contributed by atoms with E-state index in [0.29, 0.717) is 12.5 Å². The quantitative estimate of drug-likeness (QED) is 0.709. The number of carboxylic acid groups (broad SMARTS) is 1. The SMILES string of the molecule is CCN(CC(=O)O)C1CC(NC(=O)Nc2cccc(C3CCC3)c2)C1. The van der Waals surface area contributed by atoms with Crippen LogP contribution in [0.2, 0.25) is 0 Å². The standard InChI is InChI=1S/C19H27N3O3/c1-2-22(12-18(23)24)17-10-16(11-17)21-19(25)20-15-8-4-7-14(9-15)13-5-3-6-13/h4,7-9,13,16-17H,2-3,5-6,10-12H2,1H3,(H,23,24)(H2,20,21,25). The van der Waals surface area contributed by atoms with Crippen LogP contribution in [0.25, 0.3) is 0 Å². The van der Waals surface area contributed by atoms with Crippen LogP contribution in [-0.4, -0.2) is 47.2 Å². The van der Waals surface area contributed by atoms with Crippen molar-refractivity contribution in [2.24, 2.45) is 0 Å². The molecule has 0 spiro atoms. The number of urea groups is 1. The molecule has 0 saturated heterocycles. The summed E-state index contributed by atoms with van der Waals surface area (Å²) in [5.74, 6) is -0.159. The predicted octanol–water partition coefficient (Wildman–Crippen LogP) is 3.01. The molecule has 0 heterocycles. The van der Waals surface area contributed by atoms with Crippen molar-refractivity contribution in [3.63, 3.8) is 0 Å². The number of carbonyl (C=O) groups excluding carboxylic acids is 1. The zero-order valence-corrected chi connectivity index (χ0v) is 14.7. The van der Waals surface area contributed by atoms with Crippen LogP contribution >= 0.6 is 0 Å². The highest BCUT2D eigenvalue weighted by Gasteiger charge is 2.34. The van der Waals surface area contributed by atoms with E-state index in [0.717, 1.165) is 18.5 Å². The zero-order valence-electron chi connectivity index (χ0n) is 14.7. The number of likely N-dealkylation sites (N-methyl/N-ethyl adjacent to an activating group) is 1. The van der Waals surface area contributed by atoms with Gasteiger partial charge in [0.25, 0.3) is 0 Å². The fourth-order valence-corrected chi connectivity index (χ4v) is 3.64. The Morgan fingerprint density at radius 3 is 2.64 bits per heavy atom. The fraction of sp³-hybridized carbons (Fsp3) is 0.579. The maximum absolute atomic E-state index is 12.2. The van der Waals surface area contributed by atoms with Crippen molar-refractivity contribution < 1.29 is 14.7 Å². The molecule has 0 unspecified atom stereocenters. The lowest BCUT2D eigenvalue weighted by Gasteiger charge is -2.42. The van der Waals surface area contributed by atoms with Gasteiger partial charge in [0.1, 0.15) is 0 Å². The van der Waals surface area contributed by atoms with Crippen molar-refractivity contribution in [3.05, 3.63) is 29.8 Å². The average molecular weight is 345 g/mol. The molecule has 0 bridgehead atoms. The predicted molar refractivity (Wildman–Crippen MR) is 96.9 cm³/mol. The summed E-state index contributed by atoms with van der Waals surface area (Å²) in [6.07, 6.45) is 5.38. The highest BCUT2D eigenvalue weighted by molar-refractivity contribution is 5.89. The molecule has 1 aromatic rings. The molecule has 136 valence electrons. The van der Waals surface area contributed by atoms with Crippen molar-refractivity contribution in [3.8, 4) is 0 Å². The molecule has 3 rings (SSSR count). The van der Waals surface area contributed by atoms with E-state index in [4.69, 9.17) is 5.11 Å². The zero-order chi connectivity index (χ0) is 17.8. The second-order valence-corrected chi connectivity index (χ2v) is 7.13. The summed E-state index contributed by atoms with van der Waals surface area (Å²) in [7, 11) is 0. The minimum Gasteiger partial charge on any atom is -0.480 e. The number of rotatable bonds is 7. The van der Waals surface area contributed by atoms with Crippen LogP contribution in [0.3, 0.4) is 0 Å². The van der Waals surface area contributed by atoms with Crippen molar-refractivity contribution in [1.82, 2.24) is 10.2 Å². The number of aliphatic carboxylic acids is 1. The molecular weight excluding hydrogens is 318 g/mol. The Hall–Kier alpha value is -2.08. The largest absolute Gasteiger partial charge is 0.480 e.